The molecule has 2 unspecified atom stereocenters. The maximum atomic E-state index is 12.1. The molecule has 0 radical (unpaired) electrons. The van der Waals surface area contributed by atoms with Crippen LogP contribution in [0.4, 0.5) is 5.69 Å². The van der Waals surface area contributed by atoms with E-state index >= 15 is 0 Å². The average Bonchev–Trinajstić information content (AvgIpc) is 2.60. The molecule has 0 aromatic heterocycles. The predicted molar refractivity (Wildman–Crippen MR) is 88.0 cm³/mol. The van der Waals surface area contributed by atoms with E-state index < -0.39 is 6.10 Å². The van der Waals surface area contributed by atoms with Gasteiger partial charge in [0, 0.05) is 24.7 Å². The van der Waals surface area contributed by atoms with Gasteiger partial charge in [-0.2, -0.15) is 0 Å². The highest BCUT2D eigenvalue weighted by molar-refractivity contribution is 5.94. The van der Waals surface area contributed by atoms with Crippen molar-refractivity contribution in [2.24, 2.45) is 0 Å². The molecule has 0 saturated carbocycles. The Morgan fingerprint density at radius 1 is 1.41 bits per heavy atom. The molecule has 120 valence electrons. The van der Waals surface area contributed by atoms with Crippen molar-refractivity contribution >= 4 is 11.6 Å². The summed E-state index contributed by atoms with van der Waals surface area (Å²) < 4.78 is 0. The Labute approximate surface area is 132 Å². The molecule has 0 spiro atoms. The highest BCUT2D eigenvalue weighted by atomic mass is 16.3. The molecule has 4 nitrogen and oxygen atoms in total. The number of hydrogen-bond acceptors (Lipinski definition) is 3. The first-order valence-corrected chi connectivity index (χ1v) is 8.55. The minimum atomic E-state index is -0.456. The van der Waals surface area contributed by atoms with E-state index in [4.69, 9.17) is 0 Å². The summed E-state index contributed by atoms with van der Waals surface area (Å²) >= 11 is 0. The van der Waals surface area contributed by atoms with Crippen LogP contribution in [0, 0.1) is 0 Å². The van der Waals surface area contributed by atoms with Gasteiger partial charge in [0.15, 0.2) is 0 Å². The Bertz CT molecular complexity index is 538. The van der Waals surface area contributed by atoms with Crippen LogP contribution in [-0.4, -0.2) is 30.1 Å². The van der Waals surface area contributed by atoms with Gasteiger partial charge in [-0.15, -0.1) is 0 Å². The fraction of sp³-hybridized carbons (Fsp3) is 0.611. The number of carbonyl (C=O) groups excluding carboxylic acids is 1. The molecule has 1 fully saturated rings. The van der Waals surface area contributed by atoms with Gasteiger partial charge in [0.1, 0.15) is 0 Å². The second-order valence-electron chi connectivity index (χ2n) is 6.39. The quantitative estimate of drug-likeness (QED) is 0.902. The van der Waals surface area contributed by atoms with Gasteiger partial charge in [0.05, 0.1) is 6.10 Å². The molecule has 1 saturated heterocycles. The monoisotopic (exact) mass is 302 g/mol. The molecule has 1 amide bonds. The maximum Gasteiger partial charge on any atom is 0.226 e. The standard InChI is InChI=1S/C18H26N2O2/c1-2-17(21)20-11-5-6-13-12-14(8-9-16(13)20)18(22)15-7-3-4-10-19-15/h8-9,12,15,18-19,22H,2-7,10-11H2,1H3. The normalized spacial score (nSPS) is 23.0. The van der Waals surface area contributed by atoms with E-state index in [1.165, 1.54) is 18.4 Å². The van der Waals surface area contributed by atoms with Crippen molar-refractivity contribution in [2.75, 3.05) is 18.0 Å². The zero-order valence-corrected chi connectivity index (χ0v) is 13.3. The summed E-state index contributed by atoms with van der Waals surface area (Å²) in [7, 11) is 0. The molecule has 0 bridgehead atoms. The van der Waals surface area contributed by atoms with Crippen molar-refractivity contribution in [3.8, 4) is 0 Å². The Morgan fingerprint density at radius 2 is 2.27 bits per heavy atom. The number of nitrogens with one attached hydrogen (secondary N) is 1. The van der Waals surface area contributed by atoms with Crippen LogP contribution in [-0.2, 0) is 11.2 Å². The Kier molecular flexibility index (Phi) is 4.79. The van der Waals surface area contributed by atoms with Crippen LogP contribution < -0.4 is 10.2 Å². The third-order valence-corrected chi connectivity index (χ3v) is 4.90. The number of anilines is 1. The largest absolute Gasteiger partial charge is 0.387 e. The lowest BCUT2D eigenvalue weighted by atomic mass is 9.91. The zero-order chi connectivity index (χ0) is 15.5. The number of piperidine rings is 1. The first-order valence-electron chi connectivity index (χ1n) is 8.55. The van der Waals surface area contributed by atoms with Crippen molar-refractivity contribution in [1.82, 2.24) is 5.32 Å². The molecule has 2 heterocycles. The highest BCUT2D eigenvalue weighted by Gasteiger charge is 2.26. The molecular formula is C18H26N2O2. The Balaban J connectivity index is 1.82. The molecule has 2 atom stereocenters. The highest BCUT2D eigenvalue weighted by Crippen LogP contribution is 2.32. The molecular weight excluding hydrogens is 276 g/mol. The number of hydrogen-bond donors (Lipinski definition) is 2. The van der Waals surface area contributed by atoms with Crippen LogP contribution in [0.2, 0.25) is 0 Å². The maximum absolute atomic E-state index is 12.1. The number of carbonyl (C=O) groups is 1. The summed E-state index contributed by atoms with van der Waals surface area (Å²) in [5, 5.41) is 14.0. The van der Waals surface area contributed by atoms with Crippen molar-refractivity contribution in [3.05, 3.63) is 29.3 Å². The third kappa shape index (κ3) is 3.03. The van der Waals surface area contributed by atoms with Gasteiger partial charge < -0.3 is 15.3 Å². The van der Waals surface area contributed by atoms with Crippen molar-refractivity contribution in [2.45, 2.75) is 57.6 Å². The number of fused-ring (bicyclic) bond motifs is 1. The minimum absolute atomic E-state index is 0.156. The van der Waals surface area contributed by atoms with Gasteiger partial charge in [-0.05, 0) is 49.4 Å². The topological polar surface area (TPSA) is 52.6 Å². The molecule has 2 N–H and O–H groups in total. The molecule has 1 aromatic carbocycles. The molecule has 2 aliphatic heterocycles. The van der Waals surface area contributed by atoms with E-state index in [1.807, 2.05) is 24.0 Å². The van der Waals surface area contributed by atoms with Gasteiger partial charge in [-0.25, -0.2) is 0 Å². The molecule has 3 rings (SSSR count). The number of aryl methyl sites for hydroxylation is 1. The fourth-order valence-electron chi connectivity index (χ4n) is 3.63. The predicted octanol–water partition coefficient (Wildman–Crippen LogP) is 2.55. The first kappa shape index (κ1) is 15.5. The summed E-state index contributed by atoms with van der Waals surface area (Å²) in [4.78, 5) is 14.0. The number of aliphatic hydroxyl groups excluding tert-OH is 1. The number of aliphatic hydroxyl groups is 1. The average molecular weight is 302 g/mol. The molecule has 0 aliphatic carbocycles. The Morgan fingerprint density at radius 3 is 3.00 bits per heavy atom. The van der Waals surface area contributed by atoms with Crippen LogP contribution in [0.25, 0.3) is 0 Å². The summed E-state index contributed by atoms with van der Waals surface area (Å²) in [5.74, 6) is 0.184. The molecule has 22 heavy (non-hydrogen) atoms. The summed E-state index contributed by atoms with van der Waals surface area (Å²) in [6, 6.07) is 6.26. The van der Waals surface area contributed by atoms with E-state index in [1.54, 1.807) is 0 Å². The van der Waals surface area contributed by atoms with Gasteiger partial charge in [0.25, 0.3) is 0 Å². The SMILES string of the molecule is CCC(=O)N1CCCc2cc(C(O)C3CCCCN3)ccc21. The summed E-state index contributed by atoms with van der Waals surface area (Å²) in [6.45, 7) is 3.71. The number of rotatable bonds is 3. The van der Waals surface area contributed by atoms with Crippen LogP contribution >= 0.6 is 0 Å². The van der Waals surface area contributed by atoms with Crippen LogP contribution in [0.5, 0.6) is 0 Å². The fourth-order valence-corrected chi connectivity index (χ4v) is 3.63. The number of nitrogens with zero attached hydrogens (tertiary/aromatic N) is 1. The van der Waals surface area contributed by atoms with E-state index in [0.717, 1.165) is 43.6 Å². The first-order chi connectivity index (χ1) is 10.7. The smallest absolute Gasteiger partial charge is 0.226 e. The molecule has 2 aliphatic rings. The lowest BCUT2D eigenvalue weighted by Crippen LogP contribution is -2.39. The van der Waals surface area contributed by atoms with Gasteiger partial charge in [-0.3, -0.25) is 4.79 Å². The van der Waals surface area contributed by atoms with Crippen LogP contribution in [0.3, 0.4) is 0 Å². The van der Waals surface area contributed by atoms with Crippen molar-refractivity contribution in [3.63, 3.8) is 0 Å². The number of amides is 1. The van der Waals surface area contributed by atoms with Crippen molar-refractivity contribution in [1.29, 1.82) is 0 Å². The molecule has 1 aromatic rings. The third-order valence-electron chi connectivity index (χ3n) is 4.90. The van der Waals surface area contributed by atoms with Crippen LogP contribution in [0.15, 0.2) is 18.2 Å². The summed E-state index contributed by atoms with van der Waals surface area (Å²) in [5.41, 5.74) is 3.20. The van der Waals surface area contributed by atoms with E-state index in [9.17, 15) is 9.90 Å². The van der Waals surface area contributed by atoms with Crippen molar-refractivity contribution < 1.29 is 9.90 Å². The van der Waals surface area contributed by atoms with E-state index in [2.05, 4.69) is 11.4 Å². The number of benzene rings is 1. The second-order valence-corrected chi connectivity index (χ2v) is 6.39. The molecule has 4 heteroatoms. The van der Waals surface area contributed by atoms with E-state index in [0.29, 0.717) is 6.42 Å². The van der Waals surface area contributed by atoms with Gasteiger partial charge >= 0.3 is 0 Å². The minimum Gasteiger partial charge on any atom is -0.387 e. The van der Waals surface area contributed by atoms with Gasteiger partial charge in [-0.1, -0.05) is 25.5 Å². The van der Waals surface area contributed by atoms with Crippen LogP contribution in [0.1, 0.15) is 56.3 Å². The lowest BCUT2D eigenvalue weighted by Gasteiger charge is -2.32. The zero-order valence-electron chi connectivity index (χ0n) is 13.3. The van der Waals surface area contributed by atoms with E-state index in [-0.39, 0.29) is 11.9 Å². The second kappa shape index (κ2) is 6.80. The van der Waals surface area contributed by atoms with Gasteiger partial charge in [0.2, 0.25) is 5.91 Å². The summed E-state index contributed by atoms with van der Waals surface area (Å²) in [6.07, 6.45) is 5.47. The lowest BCUT2D eigenvalue weighted by molar-refractivity contribution is -0.118. The Hall–Kier alpha value is -1.39.